The van der Waals surface area contributed by atoms with Gasteiger partial charge in [-0.15, -0.1) is 0 Å². The van der Waals surface area contributed by atoms with Gasteiger partial charge in [-0.05, 0) is 71.1 Å². The minimum atomic E-state index is -1.41. The van der Waals surface area contributed by atoms with E-state index in [0.717, 1.165) is 38.5 Å². The van der Waals surface area contributed by atoms with Crippen LogP contribution in [0.4, 0.5) is 5.82 Å². The zero-order chi connectivity index (χ0) is 27.9. The molecule has 4 atom stereocenters. The molecule has 210 valence electrons. The average Bonchev–Trinajstić information content (AvgIpc) is 3.50. The molecule has 5 rings (SSSR count). The van der Waals surface area contributed by atoms with Gasteiger partial charge in [-0.1, -0.05) is 5.92 Å². The van der Waals surface area contributed by atoms with Crippen LogP contribution in [0, 0.1) is 23.7 Å². The zero-order valence-electron chi connectivity index (χ0n) is 22.5. The molecule has 0 bridgehead atoms. The lowest BCUT2D eigenvalue weighted by atomic mass is 9.80. The number of carbonyl (C=O) groups excluding carboxylic acids is 2. The van der Waals surface area contributed by atoms with E-state index in [2.05, 4.69) is 32.1 Å². The van der Waals surface area contributed by atoms with Crippen molar-refractivity contribution in [3.8, 4) is 11.8 Å². The predicted molar refractivity (Wildman–Crippen MR) is 140 cm³/mol. The molecule has 1 aliphatic heterocycles. The summed E-state index contributed by atoms with van der Waals surface area (Å²) < 4.78 is 12.7. The standard InChI is InChI=1S/C27H36N6O6/c1-27(2,3)39-26(37)15-9-7-14(8-10-15)5-4-6-17-31-22(28)18-23(32-17)33(13-29-18)25-20(35)19(34)21(38-25)24(36)30-16-11-12-16/h13-16,19-21,25,34-35H,5,7-12H2,1-3H3,(H,30,36)(H2,28,31,32)/t14?,15?,19-,20+,21+,25?/m1/s1. The number of hydrogen-bond acceptors (Lipinski definition) is 10. The van der Waals surface area contributed by atoms with Crippen molar-refractivity contribution in [3.63, 3.8) is 0 Å². The van der Waals surface area contributed by atoms with Crippen LogP contribution < -0.4 is 11.1 Å². The molecule has 1 amide bonds. The van der Waals surface area contributed by atoms with Crippen LogP contribution in [0.3, 0.4) is 0 Å². The third kappa shape index (κ3) is 6.16. The average molecular weight is 541 g/mol. The molecule has 2 saturated carbocycles. The Labute approximate surface area is 226 Å². The van der Waals surface area contributed by atoms with Crippen LogP contribution in [0.15, 0.2) is 6.33 Å². The highest BCUT2D eigenvalue weighted by atomic mass is 16.6. The number of nitrogens with zero attached hydrogens (tertiary/aromatic N) is 4. The molecule has 0 radical (unpaired) electrons. The molecular weight excluding hydrogens is 504 g/mol. The Balaban J connectivity index is 1.24. The molecule has 3 fully saturated rings. The van der Waals surface area contributed by atoms with Gasteiger partial charge >= 0.3 is 5.97 Å². The second-order valence-electron chi connectivity index (χ2n) is 11.7. The van der Waals surface area contributed by atoms with Gasteiger partial charge in [0, 0.05) is 12.5 Å². The first-order valence-corrected chi connectivity index (χ1v) is 13.5. The number of aliphatic hydroxyl groups excluding tert-OH is 2. The highest BCUT2D eigenvalue weighted by Crippen LogP contribution is 2.34. The van der Waals surface area contributed by atoms with E-state index in [4.69, 9.17) is 15.2 Å². The van der Waals surface area contributed by atoms with E-state index < -0.39 is 36.0 Å². The van der Waals surface area contributed by atoms with Crippen LogP contribution in [0.25, 0.3) is 11.2 Å². The maximum Gasteiger partial charge on any atom is 0.309 e. The van der Waals surface area contributed by atoms with E-state index in [-0.39, 0.29) is 35.2 Å². The smallest absolute Gasteiger partial charge is 0.309 e. The van der Waals surface area contributed by atoms with Crippen LogP contribution in [0.2, 0.25) is 0 Å². The molecule has 2 aliphatic carbocycles. The first kappa shape index (κ1) is 27.3. The molecule has 3 heterocycles. The van der Waals surface area contributed by atoms with Gasteiger partial charge in [0.05, 0.1) is 12.2 Å². The molecular formula is C27H36N6O6. The van der Waals surface area contributed by atoms with Crippen LogP contribution in [0.1, 0.15) is 77.8 Å². The van der Waals surface area contributed by atoms with Crippen molar-refractivity contribution in [2.24, 2.45) is 11.8 Å². The van der Waals surface area contributed by atoms with Crippen LogP contribution in [-0.2, 0) is 19.1 Å². The van der Waals surface area contributed by atoms with Crippen molar-refractivity contribution in [1.29, 1.82) is 0 Å². The summed E-state index contributed by atoms with van der Waals surface area (Å²) in [7, 11) is 0. The summed E-state index contributed by atoms with van der Waals surface area (Å²) in [5.41, 5.74) is 6.22. The number of imidazole rings is 1. The van der Waals surface area contributed by atoms with Crippen LogP contribution >= 0.6 is 0 Å². The van der Waals surface area contributed by atoms with Gasteiger partial charge in [0.15, 0.2) is 23.8 Å². The van der Waals surface area contributed by atoms with Crippen molar-refractivity contribution in [2.45, 2.75) is 102 Å². The molecule has 39 heavy (non-hydrogen) atoms. The number of nitrogen functional groups attached to an aromatic ring is 1. The summed E-state index contributed by atoms with van der Waals surface area (Å²) in [5, 5.41) is 23.9. The molecule has 5 N–H and O–H groups in total. The van der Waals surface area contributed by atoms with E-state index >= 15 is 0 Å². The molecule has 0 spiro atoms. The molecule has 12 nitrogen and oxygen atoms in total. The second kappa shape index (κ2) is 10.7. The Morgan fingerprint density at radius 1 is 1.15 bits per heavy atom. The quantitative estimate of drug-likeness (QED) is 0.318. The highest BCUT2D eigenvalue weighted by Gasteiger charge is 2.48. The van der Waals surface area contributed by atoms with Crippen molar-refractivity contribution in [2.75, 3.05) is 5.73 Å². The molecule has 12 heteroatoms. The monoisotopic (exact) mass is 540 g/mol. The highest BCUT2D eigenvalue weighted by molar-refractivity contribution is 5.83. The molecule has 1 unspecified atom stereocenters. The number of esters is 1. The summed E-state index contributed by atoms with van der Waals surface area (Å²) >= 11 is 0. The Morgan fingerprint density at radius 2 is 1.87 bits per heavy atom. The SMILES string of the molecule is CC(C)(C)OC(=O)C1CCC(CC#Cc2nc(N)c3ncn(C4O[C@H](C(=O)NC5CC5)[C@H](O)[C@@H]4O)c3n2)CC1. The number of ether oxygens (including phenoxy) is 2. The number of nitrogens with one attached hydrogen (secondary N) is 1. The molecule has 2 aromatic rings. The first-order chi connectivity index (χ1) is 18.5. The fourth-order valence-corrected chi connectivity index (χ4v) is 5.06. The van der Waals surface area contributed by atoms with Crippen molar-refractivity contribution >= 4 is 28.9 Å². The number of fused-ring (bicyclic) bond motifs is 1. The fraction of sp³-hybridized carbons (Fsp3) is 0.667. The van der Waals surface area contributed by atoms with Gasteiger partial charge in [-0.2, -0.15) is 0 Å². The second-order valence-corrected chi connectivity index (χ2v) is 11.7. The predicted octanol–water partition coefficient (Wildman–Crippen LogP) is 1.20. The minimum Gasteiger partial charge on any atom is -0.460 e. The maximum absolute atomic E-state index is 12.5. The van der Waals surface area contributed by atoms with E-state index in [1.807, 2.05) is 20.8 Å². The molecule has 2 aromatic heterocycles. The van der Waals surface area contributed by atoms with E-state index in [9.17, 15) is 19.8 Å². The van der Waals surface area contributed by atoms with Gasteiger partial charge in [0.2, 0.25) is 5.82 Å². The Hall–Kier alpha value is -3.27. The van der Waals surface area contributed by atoms with Crippen molar-refractivity contribution in [3.05, 3.63) is 12.2 Å². The van der Waals surface area contributed by atoms with E-state index in [1.54, 1.807) is 0 Å². The number of nitrogens with two attached hydrogens (primary N) is 1. The summed E-state index contributed by atoms with van der Waals surface area (Å²) in [6, 6.07) is 0.0900. The summed E-state index contributed by atoms with van der Waals surface area (Å²) in [6.07, 6.45) is 2.06. The summed E-state index contributed by atoms with van der Waals surface area (Å²) in [6.45, 7) is 5.63. The Morgan fingerprint density at radius 3 is 2.54 bits per heavy atom. The molecule has 1 saturated heterocycles. The third-order valence-corrected chi connectivity index (χ3v) is 7.32. The van der Waals surface area contributed by atoms with Crippen LogP contribution in [-0.4, -0.2) is 71.6 Å². The van der Waals surface area contributed by atoms with Gasteiger partial charge in [0.25, 0.3) is 5.91 Å². The number of rotatable bonds is 5. The largest absolute Gasteiger partial charge is 0.460 e. The van der Waals surface area contributed by atoms with Gasteiger partial charge in [-0.3, -0.25) is 14.2 Å². The molecule has 3 aliphatic rings. The summed E-state index contributed by atoms with van der Waals surface area (Å²) in [4.78, 5) is 37.8. The van der Waals surface area contributed by atoms with Gasteiger partial charge < -0.3 is 30.7 Å². The lowest BCUT2D eigenvalue weighted by Gasteiger charge is -2.29. The zero-order valence-corrected chi connectivity index (χ0v) is 22.5. The number of aromatic nitrogens is 4. The summed E-state index contributed by atoms with van der Waals surface area (Å²) in [5.74, 6) is 6.14. The van der Waals surface area contributed by atoms with Gasteiger partial charge in [0.1, 0.15) is 23.3 Å². The Bertz CT molecular complexity index is 1300. The number of anilines is 1. The number of amides is 1. The topological polar surface area (TPSA) is 175 Å². The van der Waals surface area contributed by atoms with Crippen molar-refractivity contribution in [1.82, 2.24) is 24.8 Å². The number of hydrogen-bond donors (Lipinski definition) is 4. The minimum absolute atomic E-state index is 0.0645. The number of aliphatic hydroxyl groups is 2. The molecule has 0 aromatic carbocycles. The van der Waals surface area contributed by atoms with Gasteiger partial charge in [-0.25, -0.2) is 15.0 Å². The van der Waals surface area contributed by atoms with E-state index in [0.29, 0.717) is 17.9 Å². The first-order valence-electron chi connectivity index (χ1n) is 13.5. The normalized spacial score (nSPS) is 29.1. The fourth-order valence-electron chi connectivity index (χ4n) is 5.06. The maximum atomic E-state index is 12.5. The van der Waals surface area contributed by atoms with Crippen LogP contribution in [0.5, 0.6) is 0 Å². The number of carbonyl (C=O) groups is 2. The van der Waals surface area contributed by atoms with Crippen molar-refractivity contribution < 1.29 is 29.3 Å². The third-order valence-electron chi connectivity index (χ3n) is 7.32. The van der Waals surface area contributed by atoms with E-state index in [1.165, 1.54) is 10.9 Å². The Kier molecular flexibility index (Phi) is 7.50. The lowest BCUT2D eigenvalue weighted by Crippen LogP contribution is -2.43. The lowest BCUT2D eigenvalue weighted by molar-refractivity contribution is -0.161.